The summed E-state index contributed by atoms with van der Waals surface area (Å²) in [5, 5.41) is 0. The van der Waals surface area contributed by atoms with Crippen molar-refractivity contribution in [1.82, 2.24) is 4.90 Å². The van der Waals surface area contributed by atoms with E-state index in [1.165, 1.54) is 12.1 Å². The van der Waals surface area contributed by atoms with Crippen molar-refractivity contribution < 1.29 is 8.78 Å². The summed E-state index contributed by atoms with van der Waals surface area (Å²) in [6.07, 6.45) is 1.06. The standard InChI is InChI=1S/C13H15F2N/c1-2-16-6-8-3-9(7-16)11-5-13(15)12(14)4-10(8)11/h4-5,8-9H,2-3,6-7H2,1H3. The van der Waals surface area contributed by atoms with E-state index in [9.17, 15) is 8.78 Å². The molecule has 2 atom stereocenters. The van der Waals surface area contributed by atoms with Gasteiger partial charge < -0.3 is 4.90 Å². The van der Waals surface area contributed by atoms with E-state index in [2.05, 4.69) is 11.8 Å². The maximum Gasteiger partial charge on any atom is 0.159 e. The molecule has 1 aliphatic carbocycles. The molecule has 0 radical (unpaired) electrons. The molecule has 2 unspecified atom stereocenters. The molecule has 0 spiro atoms. The smallest absolute Gasteiger partial charge is 0.159 e. The van der Waals surface area contributed by atoms with Crippen molar-refractivity contribution in [3.8, 4) is 0 Å². The van der Waals surface area contributed by atoms with Gasteiger partial charge in [-0.25, -0.2) is 8.78 Å². The summed E-state index contributed by atoms with van der Waals surface area (Å²) in [5.41, 5.74) is 2.08. The third-order valence-corrected chi connectivity index (χ3v) is 3.98. The second kappa shape index (κ2) is 3.52. The minimum atomic E-state index is -0.700. The summed E-state index contributed by atoms with van der Waals surface area (Å²) in [5.74, 6) is -0.587. The number of hydrogen-bond acceptors (Lipinski definition) is 1. The van der Waals surface area contributed by atoms with E-state index < -0.39 is 11.6 Å². The van der Waals surface area contributed by atoms with Crippen LogP contribution in [0.15, 0.2) is 12.1 Å². The minimum Gasteiger partial charge on any atom is -0.302 e. The number of halogens is 2. The van der Waals surface area contributed by atoms with Gasteiger partial charge >= 0.3 is 0 Å². The van der Waals surface area contributed by atoms with Crippen molar-refractivity contribution in [3.63, 3.8) is 0 Å². The normalized spacial score (nSPS) is 28.2. The molecule has 1 saturated heterocycles. The Balaban J connectivity index is 2.03. The molecule has 0 amide bonds. The summed E-state index contributed by atoms with van der Waals surface area (Å²) >= 11 is 0. The van der Waals surface area contributed by atoms with Crippen LogP contribution in [0, 0.1) is 11.6 Å². The van der Waals surface area contributed by atoms with Gasteiger partial charge in [0.25, 0.3) is 0 Å². The van der Waals surface area contributed by atoms with Gasteiger partial charge in [0, 0.05) is 13.1 Å². The van der Waals surface area contributed by atoms with Crippen molar-refractivity contribution >= 4 is 0 Å². The lowest BCUT2D eigenvalue weighted by atomic mass is 9.96. The molecule has 1 aliphatic heterocycles. The molecular weight excluding hydrogens is 208 g/mol. The first-order valence-corrected chi connectivity index (χ1v) is 5.90. The Kier molecular flexibility index (Phi) is 2.25. The van der Waals surface area contributed by atoms with Gasteiger partial charge in [-0.15, -0.1) is 0 Å². The van der Waals surface area contributed by atoms with E-state index in [1.807, 2.05) is 0 Å². The van der Waals surface area contributed by atoms with Crippen LogP contribution < -0.4 is 0 Å². The lowest BCUT2D eigenvalue weighted by molar-refractivity contribution is 0.213. The lowest BCUT2D eigenvalue weighted by Crippen LogP contribution is -2.34. The summed E-state index contributed by atoms with van der Waals surface area (Å²) < 4.78 is 26.4. The number of nitrogens with zero attached hydrogens (tertiary/aromatic N) is 1. The summed E-state index contributed by atoms with van der Waals surface area (Å²) in [4.78, 5) is 2.37. The third-order valence-electron chi connectivity index (χ3n) is 3.98. The Morgan fingerprint density at radius 3 is 2.06 bits per heavy atom. The highest BCUT2D eigenvalue weighted by atomic mass is 19.2. The van der Waals surface area contributed by atoms with Gasteiger partial charge in [-0.1, -0.05) is 6.92 Å². The van der Waals surface area contributed by atoms with Gasteiger partial charge in [-0.2, -0.15) is 0 Å². The molecule has 16 heavy (non-hydrogen) atoms. The zero-order chi connectivity index (χ0) is 11.3. The molecule has 0 saturated carbocycles. The number of hydrogen-bond donors (Lipinski definition) is 0. The summed E-state index contributed by atoms with van der Waals surface area (Å²) in [7, 11) is 0. The third kappa shape index (κ3) is 1.38. The van der Waals surface area contributed by atoms with Crippen LogP contribution >= 0.6 is 0 Å². The highest BCUT2D eigenvalue weighted by molar-refractivity contribution is 5.41. The molecule has 2 bridgehead atoms. The van der Waals surface area contributed by atoms with Crippen molar-refractivity contribution in [2.45, 2.75) is 25.2 Å². The van der Waals surface area contributed by atoms with E-state index in [-0.39, 0.29) is 0 Å². The van der Waals surface area contributed by atoms with Crippen LogP contribution in [0.25, 0.3) is 0 Å². The van der Waals surface area contributed by atoms with Crippen molar-refractivity contribution in [1.29, 1.82) is 0 Å². The van der Waals surface area contributed by atoms with Gasteiger partial charge in [0.15, 0.2) is 11.6 Å². The first-order chi connectivity index (χ1) is 7.69. The van der Waals surface area contributed by atoms with Crippen LogP contribution in [0.1, 0.15) is 36.3 Å². The zero-order valence-corrected chi connectivity index (χ0v) is 9.34. The van der Waals surface area contributed by atoms with Gasteiger partial charge in [0.2, 0.25) is 0 Å². The Morgan fingerprint density at radius 2 is 1.62 bits per heavy atom. The molecule has 3 rings (SSSR count). The van der Waals surface area contributed by atoms with E-state index in [0.717, 1.165) is 37.2 Å². The first-order valence-electron chi connectivity index (χ1n) is 5.90. The number of likely N-dealkylation sites (tertiary alicyclic amines) is 1. The van der Waals surface area contributed by atoms with Crippen LogP contribution in [-0.4, -0.2) is 24.5 Å². The van der Waals surface area contributed by atoms with Crippen LogP contribution in [0.2, 0.25) is 0 Å². The molecule has 1 nitrogen and oxygen atoms in total. The van der Waals surface area contributed by atoms with E-state index in [4.69, 9.17) is 0 Å². The molecule has 0 N–H and O–H groups in total. The van der Waals surface area contributed by atoms with Crippen LogP contribution in [0.5, 0.6) is 0 Å². The molecule has 1 heterocycles. The average Bonchev–Trinajstić information content (AvgIpc) is 2.52. The number of rotatable bonds is 1. The molecule has 86 valence electrons. The topological polar surface area (TPSA) is 3.24 Å². The Hall–Kier alpha value is -0.960. The fourth-order valence-electron chi connectivity index (χ4n) is 3.18. The van der Waals surface area contributed by atoms with Crippen molar-refractivity contribution in [2.75, 3.05) is 19.6 Å². The summed E-state index contributed by atoms with van der Waals surface area (Å²) in [6, 6.07) is 2.82. The average molecular weight is 223 g/mol. The Bertz CT molecular complexity index is 393. The quantitative estimate of drug-likeness (QED) is 0.707. The number of likely N-dealkylation sites (N-methyl/N-ethyl adjacent to an activating group) is 1. The highest BCUT2D eigenvalue weighted by Crippen LogP contribution is 2.46. The van der Waals surface area contributed by atoms with Crippen molar-refractivity contribution in [2.24, 2.45) is 0 Å². The zero-order valence-electron chi connectivity index (χ0n) is 9.34. The van der Waals surface area contributed by atoms with Crippen LogP contribution in [0.4, 0.5) is 8.78 Å². The monoisotopic (exact) mass is 223 g/mol. The number of fused-ring (bicyclic) bond motifs is 5. The van der Waals surface area contributed by atoms with Gasteiger partial charge in [0.1, 0.15) is 0 Å². The van der Waals surface area contributed by atoms with Crippen LogP contribution in [0.3, 0.4) is 0 Å². The van der Waals surface area contributed by atoms with Gasteiger partial charge in [0.05, 0.1) is 0 Å². The maximum atomic E-state index is 13.2. The molecule has 1 fully saturated rings. The Labute approximate surface area is 94.1 Å². The fraction of sp³-hybridized carbons (Fsp3) is 0.538. The first kappa shape index (κ1) is 10.2. The molecule has 1 aromatic carbocycles. The predicted octanol–water partition coefficient (Wildman–Crippen LogP) is 2.87. The molecule has 1 aromatic rings. The second-order valence-electron chi connectivity index (χ2n) is 4.88. The molecule has 2 aliphatic rings. The predicted molar refractivity (Wildman–Crippen MR) is 58.6 cm³/mol. The fourth-order valence-corrected chi connectivity index (χ4v) is 3.18. The van der Waals surface area contributed by atoms with Crippen molar-refractivity contribution in [3.05, 3.63) is 34.9 Å². The number of piperidine rings is 1. The summed E-state index contributed by atoms with van der Waals surface area (Å²) in [6.45, 7) is 5.14. The van der Waals surface area contributed by atoms with E-state index in [1.54, 1.807) is 0 Å². The molecule has 3 heteroatoms. The SMILES string of the molecule is CCN1CC2CC(C1)c1cc(F)c(F)cc12. The highest BCUT2D eigenvalue weighted by Gasteiger charge is 2.37. The second-order valence-corrected chi connectivity index (χ2v) is 4.88. The minimum absolute atomic E-state index is 0.406. The number of benzene rings is 1. The van der Waals surface area contributed by atoms with E-state index in [0.29, 0.717) is 11.8 Å². The lowest BCUT2D eigenvalue weighted by Gasteiger charge is -2.30. The maximum absolute atomic E-state index is 13.2. The molecular formula is C13H15F2N. The van der Waals surface area contributed by atoms with Gasteiger partial charge in [-0.3, -0.25) is 0 Å². The largest absolute Gasteiger partial charge is 0.302 e. The van der Waals surface area contributed by atoms with Crippen LogP contribution in [-0.2, 0) is 0 Å². The Morgan fingerprint density at radius 1 is 1.12 bits per heavy atom. The van der Waals surface area contributed by atoms with E-state index >= 15 is 0 Å². The molecule has 0 aromatic heterocycles. The van der Waals surface area contributed by atoms with Gasteiger partial charge in [-0.05, 0) is 48.1 Å².